The van der Waals surface area contributed by atoms with E-state index in [1.54, 1.807) is 18.5 Å². The van der Waals surface area contributed by atoms with E-state index in [1.165, 1.54) is 12.8 Å². The minimum atomic E-state index is -0.0826. The molecule has 0 saturated heterocycles. The molecule has 0 spiro atoms. The number of amides is 1. The van der Waals surface area contributed by atoms with Crippen LogP contribution in [0.5, 0.6) is 5.75 Å². The second kappa shape index (κ2) is 8.88. The molecule has 2 heterocycles. The summed E-state index contributed by atoms with van der Waals surface area (Å²) in [7, 11) is 0. The van der Waals surface area contributed by atoms with Gasteiger partial charge in [0.1, 0.15) is 11.9 Å². The third kappa shape index (κ3) is 4.18. The maximum atomic E-state index is 13.3. The second-order valence-corrected chi connectivity index (χ2v) is 8.49. The third-order valence-corrected chi connectivity index (χ3v) is 6.45. The van der Waals surface area contributed by atoms with E-state index in [9.17, 15) is 4.79 Å². The van der Waals surface area contributed by atoms with Gasteiger partial charge in [-0.15, -0.1) is 0 Å². The third-order valence-electron chi connectivity index (χ3n) is 6.45. The standard InChI is InChI=1S/C26H27N3O2/c30-26(23(19-10-4-5-11-19)18-8-2-1-3-9-18)29-17-21-16-20-12-6-13-22(24(20)31-21)25-27-14-7-15-28-25/h1-3,6-9,12-15,19,21,23H,4-5,10-11,16-17H2,(H,29,30)/t21-,23-/m0/s1. The van der Waals surface area contributed by atoms with Gasteiger partial charge in [-0.3, -0.25) is 4.79 Å². The molecule has 1 N–H and O–H groups in total. The van der Waals surface area contributed by atoms with E-state index in [4.69, 9.17) is 4.74 Å². The van der Waals surface area contributed by atoms with Crippen molar-refractivity contribution in [2.24, 2.45) is 5.92 Å². The van der Waals surface area contributed by atoms with Gasteiger partial charge in [-0.05, 0) is 42.0 Å². The first kappa shape index (κ1) is 19.7. The number of carbonyl (C=O) groups excluding carboxylic acids is 1. The number of nitrogens with zero attached hydrogens (tertiary/aromatic N) is 2. The van der Waals surface area contributed by atoms with Crippen LogP contribution < -0.4 is 10.1 Å². The van der Waals surface area contributed by atoms with Crippen LogP contribution >= 0.6 is 0 Å². The number of para-hydroxylation sites is 1. The number of hydrogen-bond acceptors (Lipinski definition) is 4. The minimum Gasteiger partial charge on any atom is -0.487 e. The normalized spacial score (nSPS) is 18.9. The molecule has 0 unspecified atom stereocenters. The molecular weight excluding hydrogens is 386 g/mol. The van der Waals surface area contributed by atoms with E-state index in [2.05, 4.69) is 33.5 Å². The Balaban J connectivity index is 1.28. The molecule has 5 heteroatoms. The maximum Gasteiger partial charge on any atom is 0.227 e. The van der Waals surface area contributed by atoms with Crippen LogP contribution in [0.15, 0.2) is 67.0 Å². The molecule has 0 radical (unpaired) electrons. The summed E-state index contributed by atoms with van der Waals surface area (Å²) in [6, 6.07) is 18.1. The molecule has 1 saturated carbocycles. The van der Waals surface area contributed by atoms with Crippen molar-refractivity contribution in [3.8, 4) is 17.1 Å². The fraction of sp³-hybridized carbons (Fsp3) is 0.346. The van der Waals surface area contributed by atoms with Crippen molar-refractivity contribution >= 4 is 5.91 Å². The topological polar surface area (TPSA) is 64.1 Å². The Bertz CT molecular complexity index is 1030. The molecule has 1 amide bonds. The molecule has 2 aromatic carbocycles. The predicted molar refractivity (Wildman–Crippen MR) is 120 cm³/mol. The van der Waals surface area contributed by atoms with Crippen LogP contribution in [0.1, 0.15) is 42.7 Å². The summed E-state index contributed by atoms with van der Waals surface area (Å²) in [5.41, 5.74) is 3.16. The van der Waals surface area contributed by atoms with Gasteiger partial charge in [0.25, 0.3) is 0 Å². The summed E-state index contributed by atoms with van der Waals surface area (Å²) >= 11 is 0. The summed E-state index contributed by atoms with van der Waals surface area (Å²) in [6.45, 7) is 0.499. The molecule has 158 valence electrons. The first-order chi connectivity index (χ1) is 15.3. The van der Waals surface area contributed by atoms with Crippen molar-refractivity contribution < 1.29 is 9.53 Å². The molecule has 5 rings (SSSR count). The van der Waals surface area contributed by atoms with Gasteiger partial charge in [-0.25, -0.2) is 9.97 Å². The number of carbonyl (C=O) groups is 1. The van der Waals surface area contributed by atoms with Gasteiger partial charge in [0.2, 0.25) is 5.91 Å². The lowest BCUT2D eigenvalue weighted by Crippen LogP contribution is -2.39. The molecule has 1 aliphatic carbocycles. The van der Waals surface area contributed by atoms with E-state index < -0.39 is 0 Å². The quantitative estimate of drug-likeness (QED) is 0.645. The molecule has 2 atom stereocenters. The number of ether oxygens (including phenoxy) is 1. The van der Waals surface area contributed by atoms with E-state index in [-0.39, 0.29) is 17.9 Å². The number of hydrogen-bond donors (Lipinski definition) is 1. The molecule has 0 bridgehead atoms. The Kier molecular flexibility index (Phi) is 5.65. The zero-order chi connectivity index (χ0) is 21.0. The van der Waals surface area contributed by atoms with Gasteiger partial charge in [0.15, 0.2) is 5.82 Å². The Morgan fingerprint density at radius 1 is 1.00 bits per heavy atom. The second-order valence-electron chi connectivity index (χ2n) is 8.49. The predicted octanol–water partition coefficient (Wildman–Crippen LogP) is 4.54. The van der Waals surface area contributed by atoms with Gasteiger partial charge in [-0.2, -0.15) is 0 Å². The number of nitrogens with one attached hydrogen (secondary N) is 1. The van der Waals surface area contributed by atoms with Crippen molar-refractivity contribution in [2.75, 3.05) is 6.54 Å². The van der Waals surface area contributed by atoms with Crippen LogP contribution in [0.3, 0.4) is 0 Å². The highest BCUT2D eigenvalue weighted by Crippen LogP contribution is 2.39. The molecule has 1 fully saturated rings. The van der Waals surface area contributed by atoms with E-state index in [0.29, 0.717) is 18.3 Å². The van der Waals surface area contributed by atoms with Crippen molar-refractivity contribution in [3.63, 3.8) is 0 Å². The van der Waals surface area contributed by atoms with Crippen LogP contribution in [-0.4, -0.2) is 28.5 Å². The van der Waals surface area contributed by atoms with Gasteiger partial charge >= 0.3 is 0 Å². The summed E-state index contributed by atoms with van der Waals surface area (Å²) < 4.78 is 6.26. The van der Waals surface area contributed by atoms with Gasteiger partial charge in [0.05, 0.1) is 18.0 Å². The Morgan fingerprint density at radius 3 is 2.55 bits per heavy atom. The monoisotopic (exact) mass is 413 g/mol. The van der Waals surface area contributed by atoms with Crippen LogP contribution in [-0.2, 0) is 11.2 Å². The molecular formula is C26H27N3O2. The fourth-order valence-corrected chi connectivity index (χ4v) is 4.98. The van der Waals surface area contributed by atoms with Crippen LogP contribution in [0.2, 0.25) is 0 Å². The van der Waals surface area contributed by atoms with Crippen LogP contribution in [0.25, 0.3) is 11.4 Å². The smallest absolute Gasteiger partial charge is 0.227 e. The fourth-order valence-electron chi connectivity index (χ4n) is 4.98. The average molecular weight is 414 g/mol. The highest BCUT2D eigenvalue weighted by atomic mass is 16.5. The largest absolute Gasteiger partial charge is 0.487 e. The van der Waals surface area contributed by atoms with Crippen molar-refractivity contribution in [3.05, 3.63) is 78.1 Å². The average Bonchev–Trinajstić information content (AvgIpc) is 3.49. The highest BCUT2D eigenvalue weighted by Gasteiger charge is 2.33. The van der Waals surface area contributed by atoms with Crippen molar-refractivity contribution in [1.82, 2.24) is 15.3 Å². The Hall–Kier alpha value is -3.21. The summed E-state index contributed by atoms with van der Waals surface area (Å²) in [5.74, 6) is 1.95. The van der Waals surface area contributed by atoms with Crippen LogP contribution in [0.4, 0.5) is 0 Å². The number of fused-ring (bicyclic) bond motifs is 1. The zero-order valence-corrected chi connectivity index (χ0v) is 17.5. The van der Waals surface area contributed by atoms with E-state index in [0.717, 1.165) is 41.7 Å². The van der Waals surface area contributed by atoms with Crippen molar-refractivity contribution in [1.29, 1.82) is 0 Å². The van der Waals surface area contributed by atoms with E-state index >= 15 is 0 Å². The van der Waals surface area contributed by atoms with Crippen molar-refractivity contribution in [2.45, 2.75) is 44.1 Å². The summed E-state index contributed by atoms with van der Waals surface area (Å²) in [5, 5.41) is 3.20. The lowest BCUT2D eigenvalue weighted by atomic mass is 9.84. The highest BCUT2D eigenvalue weighted by molar-refractivity contribution is 5.84. The molecule has 1 aromatic heterocycles. The molecule has 2 aliphatic rings. The van der Waals surface area contributed by atoms with Gasteiger partial charge in [-0.1, -0.05) is 55.3 Å². The van der Waals surface area contributed by atoms with E-state index in [1.807, 2.05) is 30.3 Å². The SMILES string of the molecule is O=C(NC[C@@H]1Cc2cccc(-c3ncccn3)c2O1)[C@@H](c1ccccc1)C1CCCC1. The number of aromatic nitrogens is 2. The molecule has 1 aliphatic heterocycles. The number of rotatable bonds is 6. The number of benzene rings is 2. The first-order valence-electron chi connectivity index (χ1n) is 11.2. The Morgan fingerprint density at radius 2 is 1.77 bits per heavy atom. The molecule has 5 nitrogen and oxygen atoms in total. The summed E-state index contributed by atoms with van der Waals surface area (Å²) in [6.07, 6.45) is 8.85. The maximum absolute atomic E-state index is 13.3. The zero-order valence-electron chi connectivity index (χ0n) is 17.5. The molecule has 31 heavy (non-hydrogen) atoms. The Labute approximate surface area is 182 Å². The lowest BCUT2D eigenvalue weighted by molar-refractivity contribution is -0.124. The summed E-state index contributed by atoms with van der Waals surface area (Å²) in [4.78, 5) is 22.0. The minimum absolute atomic E-state index is 0.0798. The van der Waals surface area contributed by atoms with Gasteiger partial charge in [0, 0.05) is 18.8 Å². The molecule has 3 aromatic rings. The first-order valence-corrected chi connectivity index (χ1v) is 11.2. The van der Waals surface area contributed by atoms with Crippen LogP contribution in [0, 0.1) is 5.92 Å². The lowest BCUT2D eigenvalue weighted by Gasteiger charge is -2.24. The van der Waals surface area contributed by atoms with Gasteiger partial charge < -0.3 is 10.1 Å².